The zero-order valence-electron chi connectivity index (χ0n) is 15.2. The molecule has 0 aliphatic rings. The summed E-state index contributed by atoms with van der Waals surface area (Å²) in [5.41, 5.74) is 0.130. The van der Waals surface area contributed by atoms with E-state index in [4.69, 9.17) is 0 Å². The minimum absolute atomic E-state index is 0.0419. The average molecular weight is 358 g/mol. The monoisotopic (exact) mass is 358 g/mol. The molecular weight excluding hydrogens is 336 g/mol. The van der Waals surface area contributed by atoms with Crippen LogP contribution in [-0.2, 0) is 12.8 Å². The van der Waals surface area contributed by atoms with Crippen LogP contribution in [0.15, 0.2) is 12.1 Å². The van der Waals surface area contributed by atoms with Gasteiger partial charge >= 0.3 is 0 Å². The van der Waals surface area contributed by atoms with Crippen LogP contribution in [0.2, 0.25) is 0 Å². The maximum atomic E-state index is 11.9. The molecule has 0 fully saturated rings. The van der Waals surface area contributed by atoms with Gasteiger partial charge in [-0.05, 0) is 49.9 Å². The van der Waals surface area contributed by atoms with Gasteiger partial charge in [0.1, 0.15) is 23.0 Å². The molecule has 2 aromatic rings. The van der Waals surface area contributed by atoms with Crippen molar-refractivity contribution in [1.82, 2.24) is 0 Å². The summed E-state index contributed by atoms with van der Waals surface area (Å²) in [4.78, 5) is 23.8. The minimum Gasteiger partial charge on any atom is -0.507 e. The minimum atomic E-state index is -0.555. The van der Waals surface area contributed by atoms with Gasteiger partial charge in [-0.25, -0.2) is 0 Å². The van der Waals surface area contributed by atoms with E-state index in [9.17, 15) is 30.0 Å². The number of benzene rings is 2. The summed E-state index contributed by atoms with van der Waals surface area (Å²) in [7, 11) is 0. The number of phenolic OH excluding ortho intramolecular Hbond substituents is 4. The summed E-state index contributed by atoms with van der Waals surface area (Å²) >= 11 is 0. The molecule has 6 nitrogen and oxygen atoms in total. The fourth-order valence-corrected chi connectivity index (χ4v) is 2.99. The van der Waals surface area contributed by atoms with Gasteiger partial charge < -0.3 is 20.4 Å². The molecule has 4 N–H and O–H groups in total. The molecule has 0 amide bonds. The number of hydrogen-bond donors (Lipinski definition) is 4. The number of ketones is 2. The summed E-state index contributed by atoms with van der Waals surface area (Å²) in [5.74, 6) is -2.69. The maximum absolute atomic E-state index is 11.9. The van der Waals surface area contributed by atoms with Crippen LogP contribution < -0.4 is 0 Å². The summed E-state index contributed by atoms with van der Waals surface area (Å²) in [6.45, 7) is 6.03. The first-order valence-electron chi connectivity index (χ1n) is 8.33. The highest BCUT2D eigenvalue weighted by molar-refractivity contribution is 6.05. The van der Waals surface area contributed by atoms with Gasteiger partial charge in [0.15, 0.2) is 11.6 Å². The van der Waals surface area contributed by atoms with E-state index in [1.165, 1.54) is 26.0 Å². The van der Waals surface area contributed by atoms with Crippen LogP contribution in [0.1, 0.15) is 59.5 Å². The number of aryl methyl sites for hydroxylation is 2. The number of carbonyl (C=O) groups is 2. The van der Waals surface area contributed by atoms with Crippen molar-refractivity contribution in [2.45, 2.75) is 40.5 Å². The number of carbonyl (C=O) groups excluding carboxylic acids is 2. The highest BCUT2D eigenvalue weighted by Gasteiger charge is 2.28. The van der Waals surface area contributed by atoms with Crippen molar-refractivity contribution < 1.29 is 30.0 Å². The van der Waals surface area contributed by atoms with Crippen molar-refractivity contribution in [1.29, 1.82) is 0 Å². The molecule has 2 rings (SSSR count). The molecule has 0 atom stereocenters. The van der Waals surface area contributed by atoms with Gasteiger partial charge in [-0.1, -0.05) is 13.8 Å². The largest absolute Gasteiger partial charge is 0.507 e. The smallest absolute Gasteiger partial charge is 0.163 e. The van der Waals surface area contributed by atoms with Crippen LogP contribution in [0.5, 0.6) is 23.0 Å². The third kappa shape index (κ3) is 2.98. The van der Waals surface area contributed by atoms with Gasteiger partial charge in [-0.3, -0.25) is 9.59 Å². The van der Waals surface area contributed by atoms with Gasteiger partial charge in [-0.15, -0.1) is 0 Å². The van der Waals surface area contributed by atoms with E-state index in [1.54, 1.807) is 13.8 Å². The summed E-state index contributed by atoms with van der Waals surface area (Å²) in [6.07, 6.45) is 0.710. The van der Waals surface area contributed by atoms with Crippen molar-refractivity contribution in [3.05, 3.63) is 34.4 Å². The Labute approximate surface area is 151 Å². The zero-order valence-corrected chi connectivity index (χ0v) is 15.2. The average Bonchev–Trinajstić information content (AvgIpc) is 2.57. The SMILES string of the molecule is CCc1cc(C(C)=O)c(O)c(-c2c(O)c(CC)cc(C(C)=O)c2O)c1O. The lowest BCUT2D eigenvalue weighted by molar-refractivity contribution is 0.100. The fourth-order valence-electron chi connectivity index (χ4n) is 2.99. The predicted octanol–water partition coefficient (Wildman–Crippen LogP) is 3.71. The van der Waals surface area contributed by atoms with Crippen LogP contribution in [0, 0.1) is 0 Å². The quantitative estimate of drug-likeness (QED) is 0.606. The highest BCUT2D eigenvalue weighted by Crippen LogP contribution is 2.51. The molecule has 2 aromatic carbocycles. The van der Waals surface area contributed by atoms with Crippen LogP contribution in [0.3, 0.4) is 0 Å². The van der Waals surface area contributed by atoms with Crippen LogP contribution >= 0.6 is 0 Å². The van der Waals surface area contributed by atoms with Crippen molar-refractivity contribution in [2.75, 3.05) is 0 Å². The fraction of sp³-hybridized carbons (Fsp3) is 0.300. The van der Waals surface area contributed by atoms with Gasteiger partial charge in [0.25, 0.3) is 0 Å². The number of hydrogen-bond acceptors (Lipinski definition) is 6. The second kappa shape index (κ2) is 7.07. The van der Waals surface area contributed by atoms with Gasteiger partial charge in [0, 0.05) is 0 Å². The van der Waals surface area contributed by atoms with Crippen molar-refractivity contribution in [2.24, 2.45) is 0 Å². The molecule has 0 spiro atoms. The number of rotatable bonds is 5. The van der Waals surface area contributed by atoms with Crippen molar-refractivity contribution in [3.8, 4) is 34.1 Å². The van der Waals surface area contributed by atoms with Gasteiger partial charge in [0.2, 0.25) is 0 Å². The summed E-state index contributed by atoms with van der Waals surface area (Å²) < 4.78 is 0. The lowest BCUT2D eigenvalue weighted by atomic mass is 9.89. The van der Waals surface area contributed by atoms with E-state index in [2.05, 4.69) is 0 Å². The van der Waals surface area contributed by atoms with E-state index in [1.807, 2.05) is 0 Å². The van der Waals surface area contributed by atoms with Gasteiger partial charge in [-0.2, -0.15) is 0 Å². The molecule has 0 heterocycles. The van der Waals surface area contributed by atoms with Crippen LogP contribution in [0.4, 0.5) is 0 Å². The predicted molar refractivity (Wildman–Crippen MR) is 97.3 cm³/mol. The first kappa shape index (κ1) is 19.3. The van der Waals surface area contributed by atoms with Crippen molar-refractivity contribution >= 4 is 11.6 Å². The standard InChI is InChI=1S/C20H22O6/c1-5-11-7-13(9(3)21)19(25)15(17(11)23)16-18(24)12(6-2)8-14(10(4)22)20(16)26/h7-8,23-26H,5-6H2,1-4H3. The van der Waals surface area contributed by atoms with E-state index in [-0.39, 0.29) is 33.8 Å². The molecule has 26 heavy (non-hydrogen) atoms. The van der Waals surface area contributed by atoms with Crippen molar-refractivity contribution in [3.63, 3.8) is 0 Å². The Morgan fingerprint density at radius 1 is 0.692 bits per heavy atom. The molecule has 0 saturated heterocycles. The summed E-state index contributed by atoms with van der Waals surface area (Å²) in [6, 6.07) is 2.75. The third-order valence-electron chi connectivity index (χ3n) is 4.47. The molecule has 0 aromatic heterocycles. The Kier molecular flexibility index (Phi) is 5.25. The molecule has 138 valence electrons. The second-order valence-corrected chi connectivity index (χ2v) is 6.13. The molecule has 0 aliphatic heterocycles. The Hall–Kier alpha value is -3.02. The van der Waals surface area contributed by atoms with Gasteiger partial charge in [0.05, 0.1) is 22.3 Å². The molecule has 0 saturated carbocycles. The Morgan fingerprint density at radius 3 is 1.23 bits per heavy atom. The molecule has 0 bridgehead atoms. The first-order valence-corrected chi connectivity index (χ1v) is 8.33. The topological polar surface area (TPSA) is 115 Å². The lowest BCUT2D eigenvalue weighted by Gasteiger charge is -2.19. The highest BCUT2D eigenvalue weighted by atomic mass is 16.3. The molecule has 0 radical (unpaired) electrons. The van der Waals surface area contributed by atoms with Crippen LogP contribution in [-0.4, -0.2) is 32.0 Å². The number of phenols is 4. The summed E-state index contributed by atoms with van der Waals surface area (Å²) in [5, 5.41) is 42.3. The number of Topliss-reactive ketones (excluding diaryl/α,β-unsaturated/α-hetero) is 2. The molecule has 6 heteroatoms. The first-order chi connectivity index (χ1) is 12.1. The Balaban J connectivity index is 3.05. The number of aromatic hydroxyl groups is 4. The third-order valence-corrected chi connectivity index (χ3v) is 4.47. The molecule has 0 unspecified atom stereocenters. The van der Waals surface area contributed by atoms with E-state index in [0.29, 0.717) is 24.0 Å². The Morgan fingerprint density at radius 2 is 1.00 bits per heavy atom. The van der Waals surface area contributed by atoms with E-state index >= 15 is 0 Å². The lowest BCUT2D eigenvalue weighted by Crippen LogP contribution is -2.02. The normalized spacial score (nSPS) is 10.8. The molecular formula is C20H22O6. The van der Waals surface area contributed by atoms with E-state index < -0.39 is 23.1 Å². The maximum Gasteiger partial charge on any atom is 0.163 e. The van der Waals surface area contributed by atoms with Crippen LogP contribution in [0.25, 0.3) is 11.1 Å². The molecule has 0 aliphatic carbocycles. The zero-order chi connectivity index (χ0) is 19.8. The second-order valence-electron chi connectivity index (χ2n) is 6.13. The van der Waals surface area contributed by atoms with E-state index in [0.717, 1.165) is 0 Å². The Bertz CT molecular complexity index is 836.